The lowest BCUT2D eigenvalue weighted by atomic mass is 9.77. The van der Waals surface area contributed by atoms with Crippen molar-refractivity contribution in [2.24, 2.45) is 18.5 Å². The van der Waals surface area contributed by atoms with E-state index in [1.807, 2.05) is 25.2 Å². The summed E-state index contributed by atoms with van der Waals surface area (Å²) < 4.78 is 2.07. The molecule has 1 aromatic heterocycles. The molecule has 1 saturated carbocycles. The zero-order valence-electron chi connectivity index (χ0n) is 11.5. The van der Waals surface area contributed by atoms with E-state index >= 15 is 0 Å². The van der Waals surface area contributed by atoms with Gasteiger partial charge in [0.2, 0.25) is 5.91 Å². The summed E-state index contributed by atoms with van der Waals surface area (Å²) >= 11 is 0. The first-order valence-corrected chi connectivity index (χ1v) is 6.73. The molecule has 1 fully saturated rings. The minimum absolute atomic E-state index is 0.281. The molecule has 104 valence electrons. The standard InChI is InChI=1S/C15H18N4O/c1-19-12-5-3-10(4-6-13(16)20)9-11(12)18-14(19)15(17)7-2-8-15/h3-6,9H,2,7-8,17H2,1H3,(H2,16,20)/b6-4+. The summed E-state index contributed by atoms with van der Waals surface area (Å²) in [6.45, 7) is 0. The summed E-state index contributed by atoms with van der Waals surface area (Å²) in [7, 11) is 2.00. The molecule has 0 atom stereocenters. The van der Waals surface area contributed by atoms with E-state index in [1.165, 1.54) is 6.08 Å². The van der Waals surface area contributed by atoms with Crippen LogP contribution < -0.4 is 11.5 Å². The van der Waals surface area contributed by atoms with E-state index in [-0.39, 0.29) is 5.54 Å². The fourth-order valence-electron chi connectivity index (χ4n) is 2.73. The molecule has 5 heteroatoms. The molecule has 5 nitrogen and oxygen atoms in total. The van der Waals surface area contributed by atoms with Crippen LogP contribution in [0.2, 0.25) is 0 Å². The molecule has 0 bridgehead atoms. The number of aromatic nitrogens is 2. The van der Waals surface area contributed by atoms with Crippen molar-refractivity contribution in [3.8, 4) is 0 Å². The molecule has 1 amide bonds. The molecule has 3 rings (SSSR count). The van der Waals surface area contributed by atoms with Crippen LogP contribution in [-0.4, -0.2) is 15.5 Å². The van der Waals surface area contributed by atoms with Gasteiger partial charge < -0.3 is 16.0 Å². The largest absolute Gasteiger partial charge is 0.366 e. The maximum absolute atomic E-state index is 10.8. The highest BCUT2D eigenvalue weighted by Gasteiger charge is 2.38. The molecule has 2 aromatic rings. The predicted octanol–water partition coefficient (Wildman–Crippen LogP) is 1.41. The Kier molecular flexibility index (Phi) is 2.87. The molecule has 1 aromatic carbocycles. The second kappa shape index (κ2) is 4.45. The smallest absolute Gasteiger partial charge is 0.241 e. The van der Waals surface area contributed by atoms with Gasteiger partial charge in [0.05, 0.1) is 16.6 Å². The number of benzene rings is 1. The zero-order valence-corrected chi connectivity index (χ0v) is 11.5. The van der Waals surface area contributed by atoms with E-state index in [2.05, 4.69) is 9.55 Å². The molecule has 0 unspecified atom stereocenters. The van der Waals surface area contributed by atoms with Gasteiger partial charge in [-0.1, -0.05) is 6.07 Å². The van der Waals surface area contributed by atoms with Crippen LogP contribution in [0.4, 0.5) is 0 Å². The Hall–Kier alpha value is -2.14. The van der Waals surface area contributed by atoms with Crippen LogP contribution in [0.25, 0.3) is 17.1 Å². The van der Waals surface area contributed by atoms with Gasteiger partial charge >= 0.3 is 0 Å². The topological polar surface area (TPSA) is 86.9 Å². The summed E-state index contributed by atoms with van der Waals surface area (Å²) in [5.74, 6) is 0.483. The molecule has 1 heterocycles. The average Bonchev–Trinajstić information content (AvgIpc) is 2.71. The average molecular weight is 270 g/mol. The van der Waals surface area contributed by atoms with Crippen molar-refractivity contribution in [3.05, 3.63) is 35.7 Å². The summed E-state index contributed by atoms with van der Waals surface area (Å²) in [6.07, 6.45) is 6.17. The number of rotatable bonds is 3. The van der Waals surface area contributed by atoms with E-state index in [0.29, 0.717) is 0 Å². The first-order chi connectivity index (χ1) is 9.49. The van der Waals surface area contributed by atoms with Gasteiger partial charge in [0.1, 0.15) is 5.82 Å². The van der Waals surface area contributed by atoms with E-state index in [0.717, 1.165) is 41.7 Å². The van der Waals surface area contributed by atoms with Gasteiger partial charge in [-0.2, -0.15) is 0 Å². The molecule has 0 saturated heterocycles. The Labute approximate surface area is 117 Å². The monoisotopic (exact) mass is 270 g/mol. The minimum atomic E-state index is -0.456. The number of amides is 1. The number of carbonyl (C=O) groups excluding carboxylic acids is 1. The maximum atomic E-state index is 10.8. The maximum Gasteiger partial charge on any atom is 0.241 e. The van der Waals surface area contributed by atoms with Crippen molar-refractivity contribution in [2.45, 2.75) is 24.8 Å². The fraction of sp³-hybridized carbons (Fsp3) is 0.333. The molecule has 1 aliphatic carbocycles. The van der Waals surface area contributed by atoms with Gasteiger partial charge in [0.25, 0.3) is 0 Å². The molecule has 0 radical (unpaired) electrons. The van der Waals surface area contributed by atoms with Crippen molar-refractivity contribution >= 4 is 23.0 Å². The number of nitrogens with two attached hydrogens (primary N) is 2. The van der Waals surface area contributed by atoms with E-state index in [1.54, 1.807) is 6.08 Å². The highest BCUT2D eigenvalue weighted by molar-refractivity contribution is 5.91. The number of aryl methyl sites for hydroxylation is 1. The molecule has 0 spiro atoms. The van der Waals surface area contributed by atoms with E-state index in [4.69, 9.17) is 11.5 Å². The summed E-state index contributed by atoms with van der Waals surface area (Å²) in [5.41, 5.74) is 14.0. The van der Waals surface area contributed by atoms with Crippen LogP contribution in [0.15, 0.2) is 24.3 Å². The molecule has 4 N–H and O–H groups in total. The van der Waals surface area contributed by atoms with Gasteiger partial charge in [-0.05, 0) is 43.0 Å². The molecular formula is C15H18N4O. The number of hydrogen-bond acceptors (Lipinski definition) is 3. The predicted molar refractivity (Wildman–Crippen MR) is 78.7 cm³/mol. The van der Waals surface area contributed by atoms with Gasteiger partial charge in [-0.3, -0.25) is 4.79 Å². The lowest BCUT2D eigenvalue weighted by Gasteiger charge is -2.37. The molecule has 0 aliphatic heterocycles. The Balaban J connectivity index is 2.05. The van der Waals surface area contributed by atoms with Gasteiger partial charge in [0.15, 0.2) is 0 Å². The van der Waals surface area contributed by atoms with Crippen molar-refractivity contribution in [2.75, 3.05) is 0 Å². The summed E-state index contributed by atoms with van der Waals surface area (Å²) in [5, 5.41) is 0. The van der Waals surface area contributed by atoms with Crippen LogP contribution in [0.1, 0.15) is 30.7 Å². The third kappa shape index (κ3) is 2.00. The fourth-order valence-corrected chi connectivity index (χ4v) is 2.73. The molecule has 1 aliphatic rings. The first-order valence-electron chi connectivity index (χ1n) is 6.73. The van der Waals surface area contributed by atoms with Crippen molar-refractivity contribution < 1.29 is 4.79 Å². The quantitative estimate of drug-likeness (QED) is 0.827. The Morgan fingerprint density at radius 2 is 2.20 bits per heavy atom. The van der Waals surface area contributed by atoms with Gasteiger partial charge in [0, 0.05) is 13.1 Å². The Bertz CT molecular complexity index is 710. The molecular weight excluding hydrogens is 252 g/mol. The van der Waals surface area contributed by atoms with Crippen molar-refractivity contribution in [1.29, 1.82) is 0 Å². The number of imidazole rings is 1. The van der Waals surface area contributed by atoms with Crippen LogP contribution in [0.5, 0.6) is 0 Å². The normalized spacial score (nSPS) is 17.5. The molecule has 20 heavy (non-hydrogen) atoms. The van der Waals surface area contributed by atoms with Gasteiger partial charge in [-0.25, -0.2) is 4.98 Å². The lowest BCUT2D eigenvalue weighted by molar-refractivity contribution is -0.113. The Morgan fingerprint density at radius 1 is 1.45 bits per heavy atom. The minimum Gasteiger partial charge on any atom is -0.366 e. The lowest BCUT2D eigenvalue weighted by Crippen LogP contribution is -2.45. The van der Waals surface area contributed by atoms with Crippen LogP contribution >= 0.6 is 0 Å². The number of carbonyl (C=O) groups is 1. The summed E-state index contributed by atoms with van der Waals surface area (Å²) in [6, 6.07) is 5.88. The Morgan fingerprint density at radius 3 is 2.80 bits per heavy atom. The first kappa shape index (κ1) is 12.9. The van der Waals surface area contributed by atoms with Crippen LogP contribution in [-0.2, 0) is 17.4 Å². The number of nitrogens with zero attached hydrogens (tertiary/aromatic N) is 2. The number of fused-ring (bicyclic) bond motifs is 1. The summed E-state index contributed by atoms with van der Waals surface area (Å²) in [4.78, 5) is 15.5. The van der Waals surface area contributed by atoms with Crippen LogP contribution in [0.3, 0.4) is 0 Å². The van der Waals surface area contributed by atoms with Crippen molar-refractivity contribution in [1.82, 2.24) is 9.55 Å². The third-order valence-electron chi connectivity index (χ3n) is 4.04. The second-order valence-electron chi connectivity index (χ2n) is 5.49. The van der Waals surface area contributed by atoms with Crippen molar-refractivity contribution in [3.63, 3.8) is 0 Å². The van der Waals surface area contributed by atoms with E-state index < -0.39 is 5.91 Å². The van der Waals surface area contributed by atoms with Crippen LogP contribution in [0, 0.1) is 0 Å². The van der Waals surface area contributed by atoms with Gasteiger partial charge in [-0.15, -0.1) is 0 Å². The van der Waals surface area contributed by atoms with E-state index in [9.17, 15) is 4.79 Å². The number of primary amides is 1. The SMILES string of the molecule is Cn1c(C2(N)CCC2)nc2cc(/C=C/C(N)=O)ccc21. The zero-order chi connectivity index (χ0) is 14.3. The number of hydrogen-bond donors (Lipinski definition) is 2. The second-order valence-corrected chi connectivity index (χ2v) is 5.49. The highest BCUT2D eigenvalue weighted by Crippen LogP contribution is 2.38. The third-order valence-corrected chi connectivity index (χ3v) is 4.04. The highest BCUT2D eigenvalue weighted by atomic mass is 16.1.